The summed E-state index contributed by atoms with van der Waals surface area (Å²) in [6, 6.07) is 5.49. The van der Waals surface area contributed by atoms with Crippen LogP contribution < -0.4 is 5.73 Å². The molecule has 3 nitrogen and oxygen atoms in total. The van der Waals surface area contributed by atoms with Gasteiger partial charge >= 0.3 is 0 Å². The SMILES string of the molecule is Nc1c(I)cnn1Cc1ccc(Cl)c(Cl)c1. The van der Waals surface area contributed by atoms with Gasteiger partial charge in [-0.05, 0) is 40.3 Å². The van der Waals surface area contributed by atoms with Crippen molar-refractivity contribution in [2.24, 2.45) is 0 Å². The molecule has 1 heterocycles. The summed E-state index contributed by atoms with van der Waals surface area (Å²) >= 11 is 13.9. The quantitative estimate of drug-likeness (QED) is 0.826. The first kappa shape index (κ1) is 12.0. The van der Waals surface area contributed by atoms with Crippen molar-refractivity contribution in [2.45, 2.75) is 6.54 Å². The minimum absolute atomic E-state index is 0.541. The third kappa shape index (κ3) is 2.44. The summed E-state index contributed by atoms with van der Waals surface area (Å²) in [5, 5.41) is 5.26. The fourth-order valence-electron chi connectivity index (χ4n) is 1.31. The number of rotatable bonds is 2. The van der Waals surface area contributed by atoms with Gasteiger partial charge in [-0.2, -0.15) is 5.10 Å². The van der Waals surface area contributed by atoms with Crippen LogP contribution in [0.2, 0.25) is 10.0 Å². The molecule has 16 heavy (non-hydrogen) atoms. The highest BCUT2D eigenvalue weighted by Crippen LogP contribution is 2.23. The van der Waals surface area contributed by atoms with Crippen LogP contribution >= 0.6 is 45.8 Å². The van der Waals surface area contributed by atoms with Gasteiger partial charge in [-0.3, -0.25) is 0 Å². The molecule has 0 spiro atoms. The van der Waals surface area contributed by atoms with E-state index in [0.717, 1.165) is 9.13 Å². The highest BCUT2D eigenvalue weighted by molar-refractivity contribution is 14.1. The van der Waals surface area contributed by atoms with Crippen molar-refractivity contribution in [1.82, 2.24) is 9.78 Å². The lowest BCUT2D eigenvalue weighted by Gasteiger charge is -2.05. The molecule has 6 heteroatoms. The first-order valence-electron chi connectivity index (χ1n) is 4.48. The predicted octanol–water partition coefficient (Wildman–Crippen LogP) is 3.43. The molecule has 0 unspecified atom stereocenters. The van der Waals surface area contributed by atoms with Crippen LogP contribution in [0.3, 0.4) is 0 Å². The Morgan fingerprint density at radius 2 is 2.06 bits per heavy atom. The second-order valence-electron chi connectivity index (χ2n) is 3.28. The highest BCUT2D eigenvalue weighted by Gasteiger charge is 2.06. The number of benzene rings is 1. The highest BCUT2D eigenvalue weighted by atomic mass is 127. The molecule has 0 bridgehead atoms. The van der Waals surface area contributed by atoms with E-state index in [9.17, 15) is 0 Å². The van der Waals surface area contributed by atoms with E-state index in [4.69, 9.17) is 28.9 Å². The number of hydrogen-bond donors (Lipinski definition) is 1. The number of anilines is 1. The second kappa shape index (κ2) is 4.81. The van der Waals surface area contributed by atoms with Crippen molar-refractivity contribution in [3.8, 4) is 0 Å². The normalized spacial score (nSPS) is 10.7. The molecule has 1 aromatic heterocycles. The number of halogens is 3. The molecule has 2 aromatic rings. The van der Waals surface area contributed by atoms with Gasteiger partial charge in [0.25, 0.3) is 0 Å². The van der Waals surface area contributed by atoms with Crippen molar-refractivity contribution >= 4 is 51.6 Å². The average molecular weight is 368 g/mol. The first-order chi connectivity index (χ1) is 7.58. The summed E-state index contributed by atoms with van der Waals surface area (Å²) in [6.45, 7) is 0.589. The maximum Gasteiger partial charge on any atom is 0.135 e. The molecule has 1 aromatic carbocycles. The summed E-state index contributed by atoms with van der Waals surface area (Å²) in [5.74, 6) is 0.659. The van der Waals surface area contributed by atoms with E-state index in [2.05, 4.69) is 27.7 Å². The topological polar surface area (TPSA) is 43.8 Å². The second-order valence-corrected chi connectivity index (χ2v) is 5.26. The standard InChI is InChI=1S/C10H8Cl2IN3/c11-7-2-1-6(3-8(7)12)5-16-10(14)9(13)4-15-16/h1-4H,5,14H2. The molecular weight excluding hydrogens is 360 g/mol. The van der Waals surface area contributed by atoms with Gasteiger partial charge in [0.15, 0.2) is 0 Å². The van der Waals surface area contributed by atoms with Crippen LogP contribution in [0.1, 0.15) is 5.56 Å². The third-order valence-corrected chi connectivity index (χ3v) is 3.72. The van der Waals surface area contributed by atoms with Crippen LogP contribution in [0.15, 0.2) is 24.4 Å². The lowest BCUT2D eigenvalue weighted by molar-refractivity contribution is 0.697. The Morgan fingerprint density at radius 1 is 1.31 bits per heavy atom. The van der Waals surface area contributed by atoms with Crippen molar-refractivity contribution < 1.29 is 0 Å². The van der Waals surface area contributed by atoms with Crippen LogP contribution in [0.4, 0.5) is 5.82 Å². The zero-order valence-electron chi connectivity index (χ0n) is 8.12. The molecule has 0 amide bonds. The van der Waals surface area contributed by atoms with Crippen molar-refractivity contribution in [3.05, 3.63) is 43.6 Å². The van der Waals surface area contributed by atoms with Gasteiger partial charge in [0.05, 0.1) is 26.4 Å². The van der Waals surface area contributed by atoms with Gasteiger partial charge in [-0.25, -0.2) is 4.68 Å². The molecule has 2 N–H and O–H groups in total. The third-order valence-electron chi connectivity index (χ3n) is 2.15. The molecule has 0 fully saturated rings. The fourth-order valence-corrected chi connectivity index (χ4v) is 2.03. The van der Waals surface area contributed by atoms with Crippen molar-refractivity contribution in [3.63, 3.8) is 0 Å². The molecule has 0 saturated carbocycles. The fraction of sp³-hybridized carbons (Fsp3) is 0.100. The summed E-state index contributed by atoms with van der Waals surface area (Å²) in [7, 11) is 0. The number of nitrogens with zero attached hydrogens (tertiary/aromatic N) is 2. The predicted molar refractivity (Wildman–Crippen MR) is 74.9 cm³/mol. The minimum Gasteiger partial charge on any atom is -0.383 e. The lowest BCUT2D eigenvalue weighted by atomic mass is 10.2. The summed E-state index contributed by atoms with van der Waals surface area (Å²) in [5.41, 5.74) is 6.87. The van der Waals surface area contributed by atoms with Crippen LogP contribution in [0, 0.1) is 3.57 Å². The Bertz CT molecular complexity index is 525. The zero-order chi connectivity index (χ0) is 11.7. The monoisotopic (exact) mass is 367 g/mol. The summed E-state index contributed by atoms with van der Waals surface area (Å²) in [4.78, 5) is 0. The Balaban J connectivity index is 2.27. The Kier molecular flexibility index (Phi) is 3.61. The Morgan fingerprint density at radius 3 is 2.62 bits per heavy atom. The zero-order valence-corrected chi connectivity index (χ0v) is 11.8. The van der Waals surface area contributed by atoms with Gasteiger partial charge in [0.1, 0.15) is 5.82 Å². The largest absolute Gasteiger partial charge is 0.383 e. The maximum atomic E-state index is 5.93. The smallest absolute Gasteiger partial charge is 0.135 e. The molecule has 84 valence electrons. The summed E-state index contributed by atoms with van der Waals surface area (Å²) in [6.07, 6.45) is 1.73. The van der Waals surface area contributed by atoms with Crippen LogP contribution in [0.5, 0.6) is 0 Å². The van der Waals surface area contributed by atoms with E-state index in [0.29, 0.717) is 22.4 Å². The molecular formula is C10H8Cl2IN3. The number of hydrogen-bond acceptors (Lipinski definition) is 2. The van der Waals surface area contributed by atoms with Crippen LogP contribution in [-0.4, -0.2) is 9.78 Å². The van der Waals surface area contributed by atoms with Gasteiger partial charge in [-0.1, -0.05) is 29.3 Å². The molecule has 0 radical (unpaired) electrons. The van der Waals surface area contributed by atoms with E-state index < -0.39 is 0 Å². The molecule has 0 aliphatic carbocycles. The van der Waals surface area contributed by atoms with Gasteiger partial charge < -0.3 is 5.73 Å². The first-order valence-corrected chi connectivity index (χ1v) is 6.32. The Hall–Kier alpha value is -0.460. The molecule has 0 saturated heterocycles. The van der Waals surface area contributed by atoms with E-state index in [1.54, 1.807) is 16.9 Å². The van der Waals surface area contributed by atoms with Crippen molar-refractivity contribution in [1.29, 1.82) is 0 Å². The van der Waals surface area contributed by atoms with E-state index in [-0.39, 0.29) is 0 Å². The molecule has 0 aliphatic heterocycles. The number of nitrogen functional groups attached to an aromatic ring is 1. The van der Waals surface area contributed by atoms with Crippen LogP contribution in [-0.2, 0) is 6.54 Å². The van der Waals surface area contributed by atoms with Gasteiger partial charge in [0.2, 0.25) is 0 Å². The Labute approximate surface area is 117 Å². The average Bonchev–Trinajstić information content (AvgIpc) is 2.55. The van der Waals surface area contributed by atoms with Gasteiger partial charge in [-0.15, -0.1) is 0 Å². The lowest BCUT2D eigenvalue weighted by Crippen LogP contribution is -2.06. The van der Waals surface area contributed by atoms with Crippen LogP contribution in [0.25, 0.3) is 0 Å². The van der Waals surface area contributed by atoms with E-state index >= 15 is 0 Å². The number of aromatic nitrogens is 2. The summed E-state index contributed by atoms with van der Waals surface area (Å²) < 4.78 is 2.67. The van der Waals surface area contributed by atoms with E-state index in [1.165, 1.54) is 0 Å². The van der Waals surface area contributed by atoms with E-state index in [1.807, 2.05) is 12.1 Å². The number of nitrogens with two attached hydrogens (primary N) is 1. The molecule has 0 atom stereocenters. The minimum atomic E-state index is 0.541. The molecule has 0 aliphatic rings. The van der Waals surface area contributed by atoms with Gasteiger partial charge in [0, 0.05) is 0 Å². The molecule has 2 rings (SSSR count). The van der Waals surface area contributed by atoms with Crippen molar-refractivity contribution in [2.75, 3.05) is 5.73 Å². The maximum absolute atomic E-state index is 5.93.